The van der Waals surface area contributed by atoms with Crippen LogP contribution in [0.5, 0.6) is 5.75 Å². The topological polar surface area (TPSA) is 38.3 Å². The molecule has 3 nitrogen and oxygen atoms in total. The standard InChI is InChI=1S/C10H21N.C8H8O2/c1-8-6-9(2,3)11-10(4,5)7-8;1-7(9)10-8-5-3-2-4-6-8/h8,11H,6-7H2,1-5H3;2-6H,1H3. The second kappa shape index (κ2) is 7.08. The first-order chi connectivity index (χ1) is 9.60. The molecule has 2 rings (SSSR count). The number of nitrogens with one attached hydrogen (secondary N) is 1. The number of hydrogen-bond acceptors (Lipinski definition) is 3. The summed E-state index contributed by atoms with van der Waals surface area (Å²) in [4.78, 5) is 10.4. The number of esters is 1. The predicted octanol–water partition coefficient (Wildman–Crippen LogP) is 4.18. The largest absolute Gasteiger partial charge is 0.427 e. The molecule has 1 saturated heterocycles. The molecule has 0 aromatic heterocycles. The molecule has 1 aromatic carbocycles. The fourth-order valence-corrected chi connectivity index (χ4v) is 3.49. The maximum absolute atomic E-state index is 10.4. The molecule has 21 heavy (non-hydrogen) atoms. The molecule has 0 atom stereocenters. The molecular formula is C18H29NO2. The third kappa shape index (κ3) is 7.28. The molecule has 1 N–H and O–H groups in total. The van der Waals surface area contributed by atoms with Crippen molar-refractivity contribution in [3.05, 3.63) is 30.3 Å². The summed E-state index contributed by atoms with van der Waals surface area (Å²) in [5, 5.41) is 3.66. The van der Waals surface area contributed by atoms with Crippen LogP contribution in [0, 0.1) is 5.92 Å². The van der Waals surface area contributed by atoms with Crippen LogP contribution in [0.4, 0.5) is 0 Å². The zero-order chi connectivity index (χ0) is 16.1. The Bertz CT molecular complexity index is 436. The van der Waals surface area contributed by atoms with E-state index in [1.807, 2.05) is 18.2 Å². The summed E-state index contributed by atoms with van der Waals surface area (Å²) in [5.74, 6) is 1.17. The summed E-state index contributed by atoms with van der Waals surface area (Å²) in [7, 11) is 0. The van der Waals surface area contributed by atoms with Crippen LogP contribution < -0.4 is 10.1 Å². The van der Waals surface area contributed by atoms with Gasteiger partial charge in [-0.2, -0.15) is 0 Å². The van der Waals surface area contributed by atoms with E-state index in [2.05, 4.69) is 39.9 Å². The minimum Gasteiger partial charge on any atom is -0.427 e. The summed E-state index contributed by atoms with van der Waals surface area (Å²) in [6.07, 6.45) is 2.60. The quantitative estimate of drug-likeness (QED) is 0.623. The number of para-hydroxylation sites is 1. The lowest BCUT2D eigenvalue weighted by atomic mass is 9.77. The summed E-state index contributed by atoms with van der Waals surface area (Å²) in [6, 6.07) is 8.98. The van der Waals surface area contributed by atoms with Gasteiger partial charge in [-0.25, -0.2) is 0 Å². The van der Waals surface area contributed by atoms with E-state index in [1.54, 1.807) is 12.1 Å². The van der Waals surface area contributed by atoms with E-state index >= 15 is 0 Å². The second-order valence-electron chi connectivity index (χ2n) is 7.31. The van der Waals surface area contributed by atoms with Gasteiger partial charge >= 0.3 is 5.97 Å². The molecule has 1 fully saturated rings. The van der Waals surface area contributed by atoms with Gasteiger partial charge in [-0.05, 0) is 58.6 Å². The molecule has 1 aliphatic rings. The van der Waals surface area contributed by atoms with Gasteiger partial charge in [-0.1, -0.05) is 25.1 Å². The number of benzene rings is 1. The van der Waals surface area contributed by atoms with Gasteiger partial charge in [0.25, 0.3) is 0 Å². The number of carbonyl (C=O) groups is 1. The highest BCUT2D eigenvalue weighted by atomic mass is 16.5. The fraction of sp³-hybridized carbons (Fsp3) is 0.611. The highest BCUT2D eigenvalue weighted by Gasteiger charge is 2.35. The van der Waals surface area contributed by atoms with Crippen molar-refractivity contribution in [1.29, 1.82) is 0 Å². The van der Waals surface area contributed by atoms with Crippen LogP contribution >= 0.6 is 0 Å². The Morgan fingerprint density at radius 3 is 1.95 bits per heavy atom. The smallest absolute Gasteiger partial charge is 0.308 e. The first-order valence-corrected chi connectivity index (χ1v) is 7.62. The minimum atomic E-state index is -0.286. The highest BCUT2D eigenvalue weighted by Crippen LogP contribution is 2.31. The Morgan fingerprint density at radius 1 is 1.10 bits per heavy atom. The van der Waals surface area contributed by atoms with Crippen molar-refractivity contribution in [3.8, 4) is 5.75 Å². The van der Waals surface area contributed by atoms with Crippen LogP contribution in [-0.4, -0.2) is 17.0 Å². The van der Waals surface area contributed by atoms with Gasteiger partial charge in [0.2, 0.25) is 0 Å². The van der Waals surface area contributed by atoms with Gasteiger partial charge in [0.05, 0.1) is 0 Å². The van der Waals surface area contributed by atoms with Gasteiger partial charge < -0.3 is 10.1 Å². The first kappa shape index (κ1) is 17.7. The van der Waals surface area contributed by atoms with Gasteiger partial charge in [0.1, 0.15) is 5.75 Å². The van der Waals surface area contributed by atoms with E-state index < -0.39 is 0 Å². The Morgan fingerprint density at radius 2 is 1.57 bits per heavy atom. The Hall–Kier alpha value is -1.35. The lowest BCUT2D eigenvalue weighted by Crippen LogP contribution is -2.57. The number of hydrogen-bond donors (Lipinski definition) is 1. The van der Waals surface area contributed by atoms with E-state index in [0.717, 1.165) is 5.92 Å². The molecule has 0 saturated carbocycles. The third-order valence-corrected chi connectivity index (χ3v) is 3.40. The van der Waals surface area contributed by atoms with E-state index in [0.29, 0.717) is 16.8 Å². The molecule has 1 aliphatic heterocycles. The zero-order valence-electron chi connectivity index (χ0n) is 14.2. The maximum atomic E-state index is 10.4. The number of piperidine rings is 1. The van der Waals surface area contributed by atoms with Crippen LogP contribution in [0.25, 0.3) is 0 Å². The van der Waals surface area contributed by atoms with E-state index in [1.165, 1.54) is 19.8 Å². The van der Waals surface area contributed by atoms with Crippen molar-refractivity contribution in [2.24, 2.45) is 5.92 Å². The Kier molecular flexibility index (Phi) is 5.97. The Labute approximate surface area is 129 Å². The zero-order valence-corrected chi connectivity index (χ0v) is 14.2. The number of rotatable bonds is 1. The van der Waals surface area contributed by atoms with Crippen molar-refractivity contribution in [1.82, 2.24) is 5.32 Å². The van der Waals surface area contributed by atoms with Gasteiger partial charge in [0.15, 0.2) is 0 Å². The van der Waals surface area contributed by atoms with Crippen molar-refractivity contribution >= 4 is 5.97 Å². The third-order valence-electron chi connectivity index (χ3n) is 3.40. The minimum absolute atomic E-state index is 0.286. The van der Waals surface area contributed by atoms with E-state index in [4.69, 9.17) is 4.74 Å². The number of ether oxygens (including phenoxy) is 1. The summed E-state index contributed by atoms with van der Waals surface area (Å²) < 4.78 is 4.78. The molecular weight excluding hydrogens is 262 g/mol. The van der Waals surface area contributed by atoms with E-state index in [-0.39, 0.29) is 5.97 Å². The van der Waals surface area contributed by atoms with Crippen LogP contribution in [-0.2, 0) is 4.79 Å². The summed E-state index contributed by atoms with van der Waals surface area (Å²) in [6.45, 7) is 12.9. The molecule has 3 heteroatoms. The van der Waals surface area contributed by atoms with E-state index in [9.17, 15) is 4.79 Å². The van der Waals surface area contributed by atoms with Crippen molar-refractivity contribution in [2.75, 3.05) is 0 Å². The molecule has 1 aromatic rings. The molecule has 1 heterocycles. The van der Waals surface area contributed by atoms with Crippen molar-refractivity contribution < 1.29 is 9.53 Å². The van der Waals surface area contributed by atoms with Crippen molar-refractivity contribution in [2.45, 2.75) is 65.5 Å². The SMILES string of the molecule is CC(=O)Oc1ccccc1.CC1CC(C)(C)NC(C)(C)C1. The molecule has 0 spiro atoms. The van der Waals surface area contributed by atoms with Crippen LogP contribution in [0.3, 0.4) is 0 Å². The van der Waals surface area contributed by atoms with Gasteiger partial charge in [-0.15, -0.1) is 0 Å². The van der Waals surface area contributed by atoms with Crippen molar-refractivity contribution in [3.63, 3.8) is 0 Å². The lowest BCUT2D eigenvalue weighted by molar-refractivity contribution is -0.131. The molecule has 0 radical (unpaired) electrons. The molecule has 0 aliphatic carbocycles. The molecule has 0 unspecified atom stereocenters. The fourth-order valence-electron chi connectivity index (χ4n) is 3.49. The molecule has 118 valence electrons. The number of carbonyl (C=O) groups excluding carboxylic acids is 1. The monoisotopic (exact) mass is 291 g/mol. The van der Waals surface area contributed by atoms with Gasteiger partial charge in [0, 0.05) is 18.0 Å². The maximum Gasteiger partial charge on any atom is 0.308 e. The average Bonchev–Trinajstić information content (AvgIpc) is 2.24. The van der Waals surface area contributed by atoms with Gasteiger partial charge in [-0.3, -0.25) is 4.79 Å². The summed E-state index contributed by atoms with van der Waals surface area (Å²) >= 11 is 0. The highest BCUT2D eigenvalue weighted by molar-refractivity contribution is 5.69. The van der Waals surface area contributed by atoms with Crippen LogP contribution in [0.1, 0.15) is 54.4 Å². The molecule has 0 bridgehead atoms. The van der Waals surface area contributed by atoms with Crippen LogP contribution in [0.2, 0.25) is 0 Å². The average molecular weight is 291 g/mol. The first-order valence-electron chi connectivity index (χ1n) is 7.62. The second-order valence-corrected chi connectivity index (χ2v) is 7.31. The predicted molar refractivity (Wildman–Crippen MR) is 87.4 cm³/mol. The Balaban J connectivity index is 0.000000211. The van der Waals surface area contributed by atoms with Crippen LogP contribution in [0.15, 0.2) is 30.3 Å². The molecule has 0 amide bonds. The summed E-state index contributed by atoms with van der Waals surface area (Å²) in [5.41, 5.74) is 0.669. The normalized spacial score (nSPS) is 20.1. The lowest BCUT2D eigenvalue weighted by Gasteiger charge is -2.45.